The molecule has 0 atom stereocenters. The maximum absolute atomic E-state index is 9.75. The number of nitrogens with zero attached hydrogens (tertiary/aromatic N) is 3. The van der Waals surface area contributed by atoms with Gasteiger partial charge in [0.15, 0.2) is 0 Å². The number of rotatable bonds is 1. The van der Waals surface area contributed by atoms with Crippen molar-refractivity contribution in [3.63, 3.8) is 0 Å². The summed E-state index contributed by atoms with van der Waals surface area (Å²) in [5.74, 6) is 0.610. The monoisotopic (exact) mass is 191 g/mol. The Bertz CT molecular complexity index is 473. The number of fused-ring (bicyclic) bond motifs is 1. The van der Waals surface area contributed by atoms with E-state index in [9.17, 15) is 5.11 Å². The Morgan fingerprint density at radius 1 is 1.36 bits per heavy atom. The summed E-state index contributed by atoms with van der Waals surface area (Å²) in [7, 11) is 1.81. The van der Waals surface area contributed by atoms with E-state index in [2.05, 4.69) is 10.3 Å². The molecule has 0 spiro atoms. The van der Waals surface area contributed by atoms with Crippen molar-refractivity contribution in [3.05, 3.63) is 17.7 Å². The van der Waals surface area contributed by atoms with Crippen LogP contribution in [-0.4, -0.2) is 20.1 Å². The Kier molecular flexibility index (Phi) is 1.91. The van der Waals surface area contributed by atoms with Crippen LogP contribution in [0.5, 0.6) is 5.75 Å². The Labute approximate surface area is 82.2 Å². The van der Waals surface area contributed by atoms with Crippen LogP contribution in [0.4, 0.5) is 0 Å². The predicted octanol–water partition coefficient (Wildman–Crippen LogP) is 1.80. The van der Waals surface area contributed by atoms with Gasteiger partial charge >= 0.3 is 0 Å². The zero-order valence-electron chi connectivity index (χ0n) is 8.52. The molecular formula is C10H13N3O. The van der Waals surface area contributed by atoms with Crippen molar-refractivity contribution in [1.29, 1.82) is 0 Å². The molecule has 4 heteroatoms. The van der Waals surface area contributed by atoms with Crippen LogP contribution in [0.1, 0.15) is 25.3 Å². The lowest BCUT2D eigenvalue weighted by molar-refractivity contribution is 0.465. The van der Waals surface area contributed by atoms with Crippen molar-refractivity contribution in [1.82, 2.24) is 15.0 Å². The zero-order chi connectivity index (χ0) is 10.3. The number of aromatic hydroxyl groups is 1. The summed E-state index contributed by atoms with van der Waals surface area (Å²) in [4.78, 5) is 0. The van der Waals surface area contributed by atoms with Crippen LogP contribution >= 0.6 is 0 Å². The van der Waals surface area contributed by atoms with Crippen LogP contribution in [-0.2, 0) is 7.05 Å². The van der Waals surface area contributed by atoms with E-state index in [4.69, 9.17) is 0 Å². The molecule has 0 bridgehead atoms. The molecule has 0 saturated carbocycles. The molecule has 2 aromatic rings. The molecule has 1 heterocycles. The van der Waals surface area contributed by atoms with E-state index in [0.717, 1.165) is 16.6 Å². The van der Waals surface area contributed by atoms with Gasteiger partial charge in [-0.25, -0.2) is 4.68 Å². The van der Waals surface area contributed by atoms with Crippen molar-refractivity contribution in [2.24, 2.45) is 7.05 Å². The normalized spacial score (nSPS) is 11.4. The van der Waals surface area contributed by atoms with E-state index >= 15 is 0 Å². The van der Waals surface area contributed by atoms with Gasteiger partial charge in [-0.15, -0.1) is 5.10 Å². The summed E-state index contributed by atoms with van der Waals surface area (Å²) in [6.07, 6.45) is 0. The molecule has 74 valence electrons. The van der Waals surface area contributed by atoms with Crippen molar-refractivity contribution in [2.75, 3.05) is 0 Å². The van der Waals surface area contributed by atoms with Gasteiger partial charge in [-0.05, 0) is 17.5 Å². The first-order valence-electron chi connectivity index (χ1n) is 4.62. The maximum atomic E-state index is 9.75. The van der Waals surface area contributed by atoms with Gasteiger partial charge < -0.3 is 5.11 Å². The average Bonchev–Trinajstić information content (AvgIpc) is 2.46. The first-order chi connectivity index (χ1) is 6.59. The second-order valence-corrected chi connectivity index (χ2v) is 3.77. The zero-order valence-corrected chi connectivity index (χ0v) is 8.52. The van der Waals surface area contributed by atoms with Crippen molar-refractivity contribution < 1.29 is 5.11 Å². The molecule has 0 amide bonds. The third-order valence-corrected chi connectivity index (χ3v) is 2.38. The Morgan fingerprint density at radius 3 is 2.71 bits per heavy atom. The summed E-state index contributed by atoms with van der Waals surface area (Å²) in [5.41, 5.74) is 2.60. The minimum absolute atomic E-state index is 0.293. The molecule has 14 heavy (non-hydrogen) atoms. The van der Waals surface area contributed by atoms with Gasteiger partial charge in [-0.3, -0.25) is 0 Å². The van der Waals surface area contributed by atoms with Crippen molar-refractivity contribution in [3.8, 4) is 5.75 Å². The summed E-state index contributed by atoms with van der Waals surface area (Å²) < 4.78 is 1.65. The molecule has 0 aliphatic heterocycles. The predicted molar refractivity (Wildman–Crippen MR) is 54.3 cm³/mol. The SMILES string of the molecule is CC(C)c1cc2nnn(C)c2cc1O. The minimum atomic E-state index is 0.293. The number of phenolic OH excluding ortho intramolecular Hbond substituents is 1. The van der Waals surface area contributed by atoms with Gasteiger partial charge in [-0.1, -0.05) is 19.1 Å². The lowest BCUT2D eigenvalue weighted by Crippen LogP contribution is -1.91. The third kappa shape index (κ3) is 1.23. The molecule has 0 aliphatic carbocycles. The van der Waals surface area contributed by atoms with Crippen LogP contribution in [0.3, 0.4) is 0 Å². The number of phenols is 1. The standard InChI is InChI=1S/C10H13N3O/c1-6(2)7-4-8-9(5-10(7)14)13(3)12-11-8/h4-6,14H,1-3H3. The highest BCUT2D eigenvalue weighted by atomic mass is 16.3. The molecule has 1 aromatic carbocycles. The average molecular weight is 191 g/mol. The third-order valence-electron chi connectivity index (χ3n) is 2.38. The highest BCUT2D eigenvalue weighted by Crippen LogP contribution is 2.28. The summed E-state index contributed by atoms with van der Waals surface area (Å²) >= 11 is 0. The number of aromatic nitrogens is 3. The second kappa shape index (κ2) is 2.97. The molecule has 0 saturated heterocycles. The molecule has 2 rings (SSSR count). The summed E-state index contributed by atoms with van der Waals surface area (Å²) in [6, 6.07) is 3.60. The number of hydrogen-bond donors (Lipinski definition) is 1. The van der Waals surface area contributed by atoms with E-state index in [1.807, 2.05) is 27.0 Å². The van der Waals surface area contributed by atoms with Crippen LogP contribution in [0, 0.1) is 0 Å². The molecule has 1 aromatic heterocycles. The number of aryl methyl sites for hydroxylation is 1. The smallest absolute Gasteiger partial charge is 0.121 e. The molecule has 0 fully saturated rings. The number of benzene rings is 1. The molecule has 4 nitrogen and oxygen atoms in total. The van der Waals surface area contributed by atoms with Gasteiger partial charge in [0.2, 0.25) is 0 Å². The second-order valence-electron chi connectivity index (χ2n) is 3.77. The fraction of sp³-hybridized carbons (Fsp3) is 0.400. The molecule has 0 unspecified atom stereocenters. The quantitative estimate of drug-likeness (QED) is 0.747. The molecular weight excluding hydrogens is 178 g/mol. The summed E-state index contributed by atoms with van der Waals surface area (Å²) in [6.45, 7) is 4.08. The van der Waals surface area contributed by atoms with Crippen LogP contribution in [0.25, 0.3) is 11.0 Å². The van der Waals surface area contributed by atoms with Gasteiger partial charge in [0.05, 0.1) is 5.52 Å². The molecule has 1 N–H and O–H groups in total. The van der Waals surface area contributed by atoms with Gasteiger partial charge in [0.25, 0.3) is 0 Å². The van der Waals surface area contributed by atoms with Crippen molar-refractivity contribution >= 4 is 11.0 Å². The largest absolute Gasteiger partial charge is 0.508 e. The van der Waals surface area contributed by atoms with E-state index < -0.39 is 0 Å². The first-order valence-corrected chi connectivity index (χ1v) is 4.62. The van der Waals surface area contributed by atoms with Crippen LogP contribution in [0.2, 0.25) is 0 Å². The fourth-order valence-corrected chi connectivity index (χ4v) is 1.55. The van der Waals surface area contributed by atoms with Gasteiger partial charge in [-0.2, -0.15) is 0 Å². The minimum Gasteiger partial charge on any atom is -0.508 e. The topological polar surface area (TPSA) is 50.9 Å². The van der Waals surface area contributed by atoms with E-state index in [1.165, 1.54) is 0 Å². The van der Waals surface area contributed by atoms with Gasteiger partial charge in [0, 0.05) is 13.1 Å². The highest BCUT2D eigenvalue weighted by Gasteiger charge is 2.10. The first kappa shape index (κ1) is 8.99. The van der Waals surface area contributed by atoms with E-state index in [-0.39, 0.29) is 0 Å². The molecule has 0 aliphatic rings. The van der Waals surface area contributed by atoms with Gasteiger partial charge in [0.1, 0.15) is 11.3 Å². The lowest BCUT2D eigenvalue weighted by atomic mass is 10.0. The Balaban J connectivity index is 2.72. The van der Waals surface area contributed by atoms with Crippen LogP contribution < -0.4 is 0 Å². The Hall–Kier alpha value is -1.58. The molecule has 0 radical (unpaired) electrons. The lowest BCUT2D eigenvalue weighted by Gasteiger charge is -2.07. The highest BCUT2D eigenvalue weighted by molar-refractivity contribution is 5.77. The summed E-state index contributed by atoms with van der Waals surface area (Å²) in [5, 5.41) is 17.6. The van der Waals surface area contributed by atoms with Crippen LogP contribution in [0.15, 0.2) is 12.1 Å². The van der Waals surface area contributed by atoms with Crippen molar-refractivity contribution in [2.45, 2.75) is 19.8 Å². The number of hydrogen-bond acceptors (Lipinski definition) is 3. The maximum Gasteiger partial charge on any atom is 0.121 e. The Morgan fingerprint density at radius 2 is 2.07 bits per heavy atom. The van der Waals surface area contributed by atoms with E-state index in [0.29, 0.717) is 11.7 Å². The van der Waals surface area contributed by atoms with E-state index in [1.54, 1.807) is 10.7 Å². The fourth-order valence-electron chi connectivity index (χ4n) is 1.55.